The molecule has 1 atom stereocenters. The Kier molecular flexibility index (Phi) is 3.78. The van der Waals surface area contributed by atoms with Crippen molar-refractivity contribution in [2.24, 2.45) is 11.6 Å². The maximum absolute atomic E-state index is 5.72. The summed E-state index contributed by atoms with van der Waals surface area (Å²) >= 11 is 4.77. The number of hydrogen-bond donors (Lipinski definition) is 2. The first kappa shape index (κ1) is 9.81. The number of rotatable bonds is 3. The highest BCUT2D eigenvalue weighted by molar-refractivity contribution is 7.79. The molecule has 0 heterocycles. The smallest absolute Gasteiger partial charge is 0.286 e. The van der Waals surface area contributed by atoms with E-state index in [-0.39, 0.29) is 4.59 Å². The van der Waals surface area contributed by atoms with Crippen molar-refractivity contribution in [3.05, 3.63) is 0 Å². The Morgan fingerprint density at radius 3 is 2.40 bits per heavy atom. The third-order valence-electron chi connectivity index (χ3n) is 1.48. The summed E-state index contributed by atoms with van der Waals surface area (Å²) in [7, 11) is 1.82. The Balaban J connectivity index is 3.75. The summed E-state index contributed by atoms with van der Waals surface area (Å²) in [6.45, 7) is 2.94. The van der Waals surface area contributed by atoms with E-state index in [1.165, 1.54) is 0 Å². The van der Waals surface area contributed by atoms with Crippen LogP contribution in [0.1, 0.15) is 19.8 Å². The van der Waals surface area contributed by atoms with Gasteiger partial charge < -0.3 is 5.73 Å². The van der Waals surface area contributed by atoms with Crippen LogP contribution < -0.4 is 11.6 Å². The van der Waals surface area contributed by atoms with Crippen LogP contribution in [0.15, 0.2) is 0 Å². The maximum Gasteiger partial charge on any atom is 0.286 e. The number of unbranched alkanes of at least 4 members (excludes halogenated alkanes) is 1. The molecule has 1 unspecified atom stereocenters. The minimum atomic E-state index is 0.170. The number of thiocarbonyl (C=S) groups is 1. The van der Waals surface area contributed by atoms with E-state index in [9.17, 15) is 0 Å². The Bertz CT molecular complexity index is 122. The quantitative estimate of drug-likeness (QED) is 0.272. The molecule has 0 saturated carbocycles. The Hall–Kier alpha value is -0.190. The third kappa shape index (κ3) is 3.10. The normalized spacial score (nSPS) is 16.3. The fraction of sp³-hybridized carbons (Fsp3) is 0.833. The first-order chi connectivity index (χ1) is 4.50. The van der Waals surface area contributed by atoms with Crippen LogP contribution in [-0.2, 0) is 0 Å². The number of nitrogens with two attached hydrogens (primary N) is 2. The van der Waals surface area contributed by atoms with Gasteiger partial charge in [0.05, 0.1) is 7.05 Å². The number of nitrogens with zero attached hydrogens (tertiary/aromatic N) is 1. The highest BCUT2D eigenvalue weighted by atomic mass is 32.1. The molecule has 0 aliphatic carbocycles. The van der Waals surface area contributed by atoms with Crippen molar-refractivity contribution in [3.63, 3.8) is 0 Å². The third-order valence-corrected chi connectivity index (χ3v) is 1.90. The molecule has 0 rings (SSSR count). The van der Waals surface area contributed by atoms with Gasteiger partial charge in [0.1, 0.15) is 6.54 Å². The molecule has 0 radical (unpaired) electrons. The first-order valence-electron chi connectivity index (χ1n) is 3.45. The van der Waals surface area contributed by atoms with E-state index in [0.717, 1.165) is 19.4 Å². The summed E-state index contributed by atoms with van der Waals surface area (Å²) in [4.78, 5) is 0. The average molecular weight is 162 g/mol. The molecule has 0 spiro atoms. The summed E-state index contributed by atoms with van der Waals surface area (Å²) in [6, 6.07) is 0. The highest BCUT2D eigenvalue weighted by Crippen LogP contribution is 1.96. The van der Waals surface area contributed by atoms with E-state index in [0.29, 0.717) is 5.11 Å². The molecule has 0 aromatic carbocycles. The van der Waals surface area contributed by atoms with Crippen LogP contribution in [0.2, 0.25) is 0 Å². The Labute approximate surface area is 67.5 Å². The molecule has 0 saturated heterocycles. The lowest BCUT2D eigenvalue weighted by atomic mass is 10.3. The van der Waals surface area contributed by atoms with E-state index in [2.05, 4.69) is 6.92 Å². The fourth-order valence-electron chi connectivity index (χ4n) is 0.597. The average Bonchev–Trinajstić information content (AvgIpc) is 1.84. The van der Waals surface area contributed by atoms with Crippen LogP contribution in [0, 0.1) is 0 Å². The largest absolute Gasteiger partial charge is 0.343 e. The van der Waals surface area contributed by atoms with Gasteiger partial charge in [0.15, 0.2) is 0 Å². The van der Waals surface area contributed by atoms with Crippen LogP contribution in [0.4, 0.5) is 0 Å². The molecule has 10 heavy (non-hydrogen) atoms. The van der Waals surface area contributed by atoms with Gasteiger partial charge in [0, 0.05) is 12.2 Å². The van der Waals surface area contributed by atoms with Gasteiger partial charge >= 0.3 is 0 Å². The monoisotopic (exact) mass is 162 g/mol. The molecule has 0 aliphatic heterocycles. The van der Waals surface area contributed by atoms with Crippen LogP contribution in [0.25, 0.3) is 0 Å². The van der Waals surface area contributed by atoms with Crippen LogP contribution in [-0.4, -0.2) is 23.3 Å². The molecule has 0 aromatic rings. The lowest BCUT2D eigenvalue weighted by Gasteiger charge is -2.24. The topological polar surface area (TPSA) is 52.0 Å². The van der Waals surface area contributed by atoms with Gasteiger partial charge in [0.25, 0.3) is 5.11 Å². The molecular weight excluding hydrogens is 146 g/mol. The Morgan fingerprint density at radius 1 is 1.60 bits per heavy atom. The molecule has 0 bridgehead atoms. The second-order valence-corrected chi connectivity index (χ2v) is 3.10. The maximum atomic E-state index is 5.72. The van der Waals surface area contributed by atoms with Gasteiger partial charge in [-0.1, -0.05) is 13.3 Å². The van der Waals surface area contributed by atoms with E-state index in [1.54, 1.807) is 0 Å². The minimum absolute atomic E-state index is 0.170. The molecule has 0 fully saturated rings. The van der Waals surface area contributed by atoms with E-state index < -0.39 is 0 Å². The van der Waals surface area contributed by atoms with E-state index in [4.69, 9.17) is 23.8 Å². The van der Waals surface area contributed by atoms with Crippen LogP contribution in [0.3, 0.4) is 0 Å². The zero-order chi connectivity index (χ0) is 8.20. The summed E-state index contributed by atoms with van der Waals surface area (Å²) < 4.78 is 0.170. The first-order valence-corrected chi connectivity index (χ1v) is 3.85. The summed E-state index contributed by atoms with van der Waals surface area (Å²) in [6.07, 6.45) is 2.18. The number of quaternary nitrogens is 1. The van der Waals surface area contributed by atoms with E-state index >= 15 is 0 Å². The molecule has 0 aromatic heterocycles. The highest BCUT2D eigenvalue weighted by Gasteiger charge is 2.19. The molecular formula is C6H16N3S+. The van der Waals surface area contributed by atoms with Crippen molar-refractivity contribution < 1.29 is 4.59 Å². The summed E-state index contributed by atoms with van der Waals surface area (Å²) in [5, 5.41) is 0.355. The van der Waals surface area contributed by atoms with Crippen LogP contribution >= 0.6 is 12.2 Å². The van der Waals surface area contributed by atoms with Crippen LogP contribution in [0.5, 0.6) is 0 Å². The van der Waals surface area contributed by atoms with Gasteiger partial charge in [-0.3, -0.25) is 0 Å². The molecule has 0 amide bonds. The predicted octanol–water partition coefficient (Wildman–Crippen LogP) is 0.350. The molecule has 3 nitrogen and oxygen atoms in total. The number of hydrogen-bond acceptors (Lipinski definition) is 2. The fourth-order valence-corrected chi connectivity index (χ4v) is 0.688. The summed E-state index contributed by atoms with van der Waals surface area (Å²) in [5.74, 6) is 5.72. The molecule has 0 aliphatic rings. The SMILES string of the molecule is CCCC[N+](C)(N)C(N)=S. The molecule has 60 valence electrons. The second kappa shape index (κ2) is 3.85. The Morgan fingerprint density at radius 2 is 2.10 bits per heavy atom. The minimum Gasteiger partial charge on any atom is -0.343 e. The molecule has 4 heteroatoms. The van der Waals surface area contributed by atoms with Crippen molar-refractivity contribution in [3.8, 4) is 0 Å². The van der Waals surface area contributed by atoms with Gasteiger partial charge in [-0.25, -0.2) is 0 Å². The van der Waals surface area contributed by atoms with Crippen molar-refractivity contribution >= 4 is 17.3 Å². The van der Waals surface area contributed by atoms with Crippen molar-refractivity contribution in [2.75, 3.05) is 13.6 Å². The van der Waals surface area contributed by atoms with Crippen molar-refractivity contribution in [1.82, 2.24) is 0 Å². The predicted molar refractivity (Wildman–Crippen MR) is 46.9 cm³/mol. The summed E-state index contributed by atoms with van der Waals surface area (Å²) in [5.41, 5.74) is 5.39. The molecule has 4 N–H and O–H groups in total. The zero-order valence-corrected chi connectivity index (χ0v) is 7.45. The van der Waals surface area contributed by atoms with Gasteiger partial charge in [-0.2, -0.15) is 10.4 Å². The lowest BCUT2D eigenvalue weighted by molar-refractivity contribution is -0.832. The second-order valence-electron chi connectivity index (χ2n) is 2.68. The zero-order valence-electron chi connectivity index (χ0n) is 6.63. The van der Waals surface area contributed by atoms with Crippen molar-refractivity contribution in [2.45, 2.75) is 19.8 Å². The van der Waals surface area contributed by atoms with E-state index in [1.807, 2.05) is 7.05 Å². The van der Waals surface area contributed by atoms with Gasteiger partial charge in [-0.15, -0.1) is 0 Å². The lowest BCUT2D eigenvalue weighted by Crippen LogP contribution is -2.58. The van der Waals surface area contributed by atoms with Gasteiger partial charge in [-0.05, 0) is 6.42 Å². The van der Waals surface area contributed by atoms with Crippen molar-refractivity contribution in [1.29, 1.82) is 0 Å². The van der Waals surface area contributed by atoms with Gasteiger partial charge in [0.2, 0.25) is 0 Å². The standard InChI is InChI=1S/C6H15N3S/c1-3-4-5-9(2,8)6(7)10/h3-5,8H2,1-2H3,(H-,7,10)/p+1.